The van der Waals surface area contributed by atoms with Crippen LogP contribution < -0.4 is 15.9 Å². The zero-order valence-electron chi connectivity index (χ0n) is 51.4. The molecule has 3 aromatic rings. The van der Waals surface area contributed by atoms with Crippen molar-refractivity contribution < 1.29 is 54.5 Å². The smallest absolute Gasteiger partial charge is 0.116 e. The van der Waals surface area contributed by atoms with Crippen LogP contribution in [0.15, 0.2) is 54.6 Å². The van der Waals surface area contributed by atoms with E-state index >= 15 is 0 Å². The monoisotopic (exact) mass is 1120 g/mol. The second-order valence-electron chi connectivity index (χ2n) is 25.8. The Balaban J connectivity index is 1.26. The summed E-state index contributed by atoms with van der Waals surface area (Å²) < 4.78 is 18.9. The Labute approximate surface area is 476 Å². The zero-order valence-corrected chi connectivity index (χ0v) is 52.3. The number of benzene rings is 3. The summed E-state index contributed by atoms with van der Waals surface area (Å²) >= 11 is 0. The van der Waals surface area contributed by atoms with Crippen molar-refractivity contribution in [3.05, 3.63) is 88.0 Å². The van der Waals surface area contributed by atoms with Crippen molar-refractivity contribution in [3.63, 3.8) is 0 Å². The average molecular weight is 1120 g/mol. The second-order valence-corrected chi connectivity index (χ2v) is 30.3. The first-order valence-electron chi connectivity index (χ1n) is 30.0. The number of aliphatic hydroxyl groups is 6. The molecule has 79 heavy (non-hydrogen) atoms. The van der Waals surface area contributed by atoms with Crippen LogP contribution in [-0.4, -0.2) is 151 Å². The van der Waals surface area contributed by atoms with Gasteiger partial charge in [0.25, 0.3) is 0 Å². The van der Waals surface area contributed by atoms with Gasteiger partial charge in [-0.05, 0) is 67.0 Å². The number of aliphatic hydroxyl groups excluding tert-OH is 4. The third kappa shape index (κ3) is 16.1. The molecule has 1 unspecified atom stereocenters. The first-order valence-corrected chi connectivity index (χ1v) is 32.3. The van der Waals surface area contributed by atoms with Crippen molar-refractivity contribution in [3.8, 4) is 0 Å². The quantitative estimate of drug-likeness (QED) is 0.0447. The molecule has 0 spiro atoms. The number of nitrogens with zero attached hydrogens (tertiary/aromatic N) is 2. The van der Waals surface area contributed by atoms with Crippen molar-refractivity contribution in [2.75, 3.05) is 26.8 Å². The third-order valence-corrected chi connectivity index (χ3v) is 23.2. The van der Waals surface area contributed by atoms with Crippen molar-refractivity contribution in [1.82, 2.24) is 9.80 Å². The number of unbranched alkanes of at least 4 members (excludes halogenated alkanes) is 8. The molecule has 2 saturated heterocycles. The fraction of sp³-hybridized carbons (Fsp3) is 0.708. The summed E-state index contributed by atoms with van der Waals surface area (Å²) in [4.78, 5) is 32.1. The minimum absolute atomic E-state index is 0.104. The molecular weight excluding hydrogens is 1020 g/mol. The molecule has 1 amide bonds. The minimum atomic E-state index is -3.94. The number of rotatable bonds is 19. The summed E-state index contributed by atoms with van der Waals surface area (Å²) in [6.07, 6.45) is 1.36. The van der Waals surface area contributed by atoms with Crippen LogP contribution in [-0.2, 0) is 19.0 Å². The van der Waals surface area contributed by atoms with Crippen LogP contribution in [0.5, 0.6) is 0 Å². The molecule has 0 aromatic heterocycles. The van der Waals surface area contributed by atoms with E-state index in [0.29, 0.717) is 19.0 Å². The van der Waals surface area contributed by atoms with Crippen LogP contribution in [0.1, 0.15) is 172 Å². The van der Waals surface area contributed by atoms with E-state index in [4.69, 9.17) is 14.2 Å². The molecule has 13 nitrogen and oxygen atoms in total. The number of ether oxygens (including phenoxy) is 3. The molecule has 2 heterocycles. The summed E-state index contributed by atoms with van der Waals surface area (Å²) in [5.74, 6) is -2.31. The van der Waals surface area contributed by atoms with Gasteiger partial charge in [-0.25, -0.2) is 0 Å². The predicted octanol–water partition coefficient (Wildman–Crippen LogP) is 8.85. The van der Waals surface area contributed by atoms with Gasteiger partial charge in [-0.2, -0.15) is 0 Å². The molecule has 3 aromatic carbocycles. The van der Waals surface area contributed by atoms with Crippen LogP contribution >= 0.6 is 6.83 Å². The van der Waals surface area contributed by atoms with E-state index < -0.39 is 79.0 Å². The molecule has 2 fully saturated rings. The van der Waals surface area contributed by atoms with E-state index in [-0.39, 0.29) is 49.8 Å². The Kier molecular flexibility index (Phi) is 23.8. The molecule has 0 bridgehead atoms. The maximum atomic E-state index is 14.5. The largest absolute Gasteiger partial charge is 0.388 e. The van der Waals surface area contributed by atoms with E-state index in [2.05, 4.69) is 96.1 Å². The van der Waals surface area contributed by atoms with Gasteiger partial charge in [0.2, 0.25) is 0 Å². The number of aryl methyl sites for hydroxylation is 6. The fourth-order valence-electron chi connectivity index (χ4n) is 13.6. The van der Waals surface area contributed by atoms with Gasteiger partial charge >= 0.3 is 233 Å². The normalized spacial score (nSPS) is 32.3. The Morgan fingerprint density at radius 1 is 0.671 bits per heavy atom. The maximum absolute atomic E-state index is 14.5. The van der Waals surface area contributed by atoms with Crippen LogP contribution in [0.2, 0.25) is 0 Å². The van der Waals surface area contributed by atoms with Crippen LogP contribution in [0.25, 0.3) is 0 Å². The van der Waals surface area contributed by atoms with Gasteiger partial charge in [0, 0.05) is 24.4 Å². The molecule has 2 aliphatic rings. The Bertz CT molecular complexity index is 2240. The fourth-order valence-corrected chi connectivity index (χ4v) is 19.0. The van der Waals surface area contributed by atoms with E-state index in [1.54, 1.807) is 39.5 Å². The Morgan fingerprint density at radius 2 is 1.11 bits per heavy atom. The van der Waals surface area contributed by atoms with Gasteiger partial charge < -0.3 is 54.6 Å². The molecule has 448 valence electrons. The zero-order chi connectivity index (χ0) is 59.0. The van der Waals surface area contributed by atoms with Gasteiger partial charge in [-0.15, -0.1) is 0 Å². The van der Waals surface area contributed by atoms with Gasteiger partial charge in [0.1, 0.15) is 17.8 Å². The molecule has 5 rings (SSSR count). The number of amides is 1. The Morgan fingerprint density at radius 3 is 1.56 bits per heavy atom. The van der Waals surface area contributed by atoms with E-state index in [0.717, 1.165) is 101 Å². The SMILES string of the molecule is CC[C@H]1OC(O)[C@H](C)[C@@H](O)[C@H](C)[C@@H](O[C@@H]2O[C@H](C)C[C@H](N(C)C)[C@H]2O)[C@](C)(O)C[C@@H](C)CN(C(=O)CCCCCCCCCCCP(O)(c2cc(C)cc(C)c2)(c2cc(C)cc(C)c2)c2cc(C)cc(C)c2)[C@H](C)[C@@H](O)[C@]1(C)O. The first kappa shape index (κ1) is 66.9. The predicted molar refractivity (Wildman–Crippen MR) is 322 cm³/mol. The van der Waals surface area contributed by atoms with Crippen molar-refractivity contribution in [1.29, 1.82) is 0 Å². The number of carbonyl (C=O) groups excluding carboxylic acids is 1. The molecule has 0 saturated carbocycles. The molecule has 14 heteroatoms. The topological polar surface area (TPSA) is 193 Å². The van der Waals surface area contributed by atoms with Crippen LogP contribution in [0.4, 0.5) is 0 Å². The number of hydrogen-bond acceptors (Lipinski definition) is 12. The van der Waals surface area contributed by atoms with Gasteiger partial charge in [-0.1, -0.05) is 27.7 Å². The average Bonchev–Trinajstić information content (AvgIpc) is 3.57. The van der Waals surface area contributed by atoms with Crippen LogP contribution in [0.3, 0.4) is 0 Å². The summed E-state index contributed by atoms with van der Waals surface area (Å²) in [7, 11) is 3.76. The second kappa shape index (κ2) is 28.1. The van der Waals surface area contributed by atoms with Crippen molar-refractivity contribution in [2.45, 2.75) is 253 Å². The molecule has 7 N–H and O–H groups in total. The molecular formula is C65H107N2O11P. The van der Waals surface area contributed by atoms with Gasteiger partial charge in [0.05, 0.1) is 36.1 Å². The maximum Gasteiger partial charge on any atom is 0.116 e. The van der Waals surface area contributed by atoms with Crippen molar-refractivity contribution in [2.24, 2.45) is 17.8 Å². The summed E-state index contributed by atoms with van der Waals surface area (Å²) in [5.41, 5.74) is 3.33. The van der Waals surface area contributed by atoms with E-state index in [9.17, 15) is 40.3 Å². The molecule has 0 aliphatic carbocycles. The number of carbonyl (C=O) groups is 1. The van der Waals surface area contributed by atoms with E-state index in [1.807, 2.05) is 32.8 Å². The summed E-state index contributed by atoms with van der Waals surface area (Å²) in [5, 5.41) is 74.6. The summed E-state index contributed by atoms with van der Waals surface area (Å²) in [6.45, 7) is 22.7. The minimum Gasteiger partial charge on any atom is -0.388 e. The van der Waals surface area contributed by atoms with Crippen molar-refractivity contribution >= 4 is 28.7 Å². The number of likely N-dealkylation sites (N-methyl/N-ethyl adjacent to an activating group) is 1. The molecule has 15 atom stereocenters. The molecule has 2 aliphatic heterocycles. The van der Waals surface area contributed by atoms with Crippen LogP contribution in [0, 0.1) is 59.3 Å². The van der Waals surface area contributed by atoms with E-state index in [1.165, 1.54) is 6.92 Å². The van der Waals surface area contributed by atoms with Gasteiger partial charge in [0.15, 0.2) is 12.6 Å². The first-order chi connectivity index (χ1) is 36.8. The Hall–Kier alpha value is -2.88. The standard InChI is InChI=1S/C65H107N2O11P/c1-17-56-65(14,74)60(71)51(12)67(40-47(8)39-64(13,73)61(49(10)58(69)50(11)62(72)77-56)78-63-59(70)55(66(15)16)38-48(9)76-63)57(68)27-25-23-21-19-18-20-22-24-26-28-79(75,52-32-41(2)29-42(3)33-52,53-34-43(4)30-44(5)35-53)54-36-45(6)31-46(7)37-54/h29-37,47-51,55-56,58-63,69-75H,17-28,38-40H2,1-16H3/t47-,48-,49+,50-,51-,55+,56-,58+,59-,60-,61-,62?,63+,64-,65-/m1/s1. The summed E-state index contributed by atoms with van der Waals surface area (Å²) in [6, 6.07) is 18.7. The number of hydrogen-bond donors (Lipinski definition) is 7. The van der Waals surface area contributed by atoms with Gasteiger partial charge in [-0.3, -0.25) is 4.79 Å². The third-order valence-electron chi connectivity index (χ3n) is 17.9. The molecule has 0 radical (unpaired) electrons.